The number of para-hydroxylation sites is 1. The summed E-state index contributed by atoms with van der Waals surface area (Å²) in [6.45, 7) is 6.13. The van der Waals surface area contributed by atoms with Crippen molar-refractivity contribution < 1.29 is 19.4 Å². The summed E-state index contributed by atoms with van der Waals surface area (Å²) in [4.78, 5) is 17.4. The van der Waals surface area contributed by atoms with Gasteiger partial charge in [-0.1, -0.05) is 38.1 Å². The lowest BCUT2D eigenvalue weighted by Crippen LogP contribution is -2.41. The summed E-state index contributed by atoms with van der Waals surface area (Å²) in [6.07, 6.45) is 1.88. The fraction of sp³-hybridized carbons (Fsp3) is 0.296. The van der Waals surface area contributed by atoms with Gasteiger partial charge in [-0.25, -0.2) is 4.98 Å². The van der Waals surface area contributed by atoms with Gasteiger partial charge >= 0.3 is 5.97 Å². The van der Waals surface area contributed by atoms with E-state index in [1.165, 1.54) is 0 Å². The van der Waals surface area contributed by atoms with Gasteiger partial charge in [-0.15, -0.1) is 0 Å². The fourth-order valence-electron chi connectivity index (χ4n) is 4.21. The van der Waals surface area contributed by atoms with Crippen LogP contribution in [0.5, 0.6) is 17.4 Å². The number of nitriles is 1. The van der Waals surface area contributed by atoms with E-state index in [-0.39, 0.29) is 18.2 Å². The van der Waals surface area contributed by atoms with Crippen LogP contribution < -0.4 is 9.47 Å². The number of carboxylic acids is 1. The molecule has 0 amide bonds. The maximum atomic E-state index is 12.8. The van der Waals surface area contributed by atoms with Gasteiger partial charge in [-0.2, -0.15) is 5.26 Å². The lowest BCUT2D eigenvalue weighted by molar-refractivity contribution is -0.152. The smallest absolute Gasteiger partial charge is 0.311 e. The highest BCUT2D eigenvalue weighted by Gasteiger charge is 2.49. The first kappa shape index (κ1) is 26.7. The topological polar surface area (TPSA) is 92.4 Å². The van der Waals surface area contributed by atoms with Gasteiger partial charge in [-0.3, -0.25) is 4.79 Å². The SMILES string of the molecule is CCOc1ccc(Oc2cc(C(C#N)C(CC=C(Br)Br)(C(=O)O)C(C)C)c3ccccc3n2)cc1. The van der Waals surface area contributed by atoms with Crippen molar-refractivity contribution in [1.29, 1.82) is 5.26 Å². The number of hydrogen-bond acceptors (Lipinski definition) is 5. The Balaban J connectivity index is 2.17. The van der Waals surface area contributed by atoms with Gasteiger partial charge < -0.3 is 14.6 Å². The molecule has 2 atom stereocenters. The molecule has 182 valence electrons. The van der Waals surface area contributed by atoms with Crippen molar-refractivity contribution in [2.75, 3.05) is 6.61 Å². The zero-order chi connectivity index (χ0) is 25.6. The van der Waals surface area contributed by atoms with Crippen molar-refractivity contribution >= 4 is 48.7 Å². The number of aromatic nitrogens is 1. The van der Waals surface area contributed by atoms with Crippen LogP contribution in [0.4, 0.5) is 0 Å². The lowest BCUT2D eigenvalue weighted by Gasteiger charge is -2.37. The Morgan fingerprint density at radius 2 is 1.83 bits per heavy atom. The standard InChI is InChI=1S/C27H26Br2N2O4/c1-4-34-18-9-11-19(12-10-18)35-25-15-21(20-7-5-6-8-23(20)31-25)22(16-30)27(17(2)3,26(32)33)14-13-24(28)29/h5-13,15,17,22H,4,14H2,1-3H3,(H,32,33). The number of allylic oxidation sites excluding steroid dienone is 1. The van der Waals surface area contributed by atoms with Gasteiger partial charge in [0.1, 0.15) is 11.5 Å². The molecule has 1 heterocycles. The van der Waals surface area contributed by atoms with E-state index in [2.05, 4.69) is 42.9 Å². The van der Waals surface area contributed by atoms with Gasteiger partial charge in [0.15, 0.2) is 0 Å². The fourth-order valence-corrected chi connectivity index (χ4v) is 4.54. The molecule has 3 rings (SSSR count). The lowest BCUT2D eigenvalue weighted by atomic mass is 9.63. The van der Waals surface area contributed by atoms with Crippen LogP contribution in [0.15, 0.2) is 64.1 Å². The number of ether oxygens (including phenoxy) is 2. The van der Waals surface area contributed by atoms with E-state index >= 15 is 0 Å². The summed E-state index contributed by atoms with van der Waals surface area (Å²) < 4.78 is 12.1. The number of carbonyl (C=O) groups is 1. The van der Waals surface area contributed by atoms with Gasteiger partial charge in [-0.05, 0) is 87.0 Å². The zero-order valence-corrected chi connectivity index (χ0v) is 22.8. The van der Waals surface area contributed by atoms with E-state index in [1.807, 2.05) is 45.0 Å². The van der Waals surface area contributed by atoms with Gasteiger partial charge in [0.2, 0.25) is 5.88 Å². The maximum absolute atomic E-state index is 12.8. The Labute approximate surface area is 221 Å². The minimum atomic E-state index is -1.39. The van der Waals surface area contributed by atoms with Crippen LogP contribution in [0.3, 0.4) is 0 Å². The average molecular weight is 602 g/mol. The predicted octanol–water partition coefficient (Wildman–Crippen LogP) is 7.78. The third kappa shape index (κ3) is 5.85. The molecule has 2 unspecified atom stereocenters. The molecule has 0 spiro atoms. The molecular weight excluding hydrogens is 576 g/mol. The van der Waals surface area contributed by atoms with Crippen molar-refractivity contribution in [3.63, 3.8) is 0 Å². The highest BCUT2D eigenvalue weighted by atomic mass is 79.9. The molecule has 3 aromatic rings. The van der Waals surface area contributed by atoms with E-state index in [9.17, 15) is 15.2 Å². The van der Waals surface area contributed by atoms with Crippen molar-refractivity contribution in [3.05, 3.63) is 69.6 Å². The molecule has 0 saturated heterocycles. The van der Waals surface area contributed by atoms with E-state index in [4.69, 9.17) is 9.47 Å². The molecule has 8 heteroatoms. The average Bonchev–Trinajstić information content (AvgIpc) is 2.82. The summed E-state index contributed by atoms with van der Waals surface area (Å²) in [5.41, 5.74) is -0.206. The van der Waals surface area contributed by atoms with Crippen LogP contribution in [0, 0.1) is 22.7 Å². The van der Waals surface area contributed by atoms with Crippen LogP contribution in [-0.2, 0) is 4.79 Å². The summed E-state index contributed by atoms with van der Waals surface area (Å²) in [5, 5.41) is 21.5. The number of aliphatic carboxylic acids is 1. The molecule has 0 radical (unpaired) electrons. The van der Waals surface area contributed by atoms with Crippen molar-refractivity contribution in [1.82, 2.24) is 4.98 Å². The van der Waals surface area contributed by atoms with Crippen LogP contribution >= 0.6 is 31.9 Å². The van der Waals surface area contributed by atoms with Crippen molar-refractivity contribution in [3.8, 4) is 23.4 Å². The number of pyridine rings is 1. The Bertz CT molecular complexity index is 1260. The quantitative estimate of drug-likeness (QED) is 0.255. The molecule has 6 nitrogen and oxygen atoms in total. The number of rotatable bonds is 10. The van der Waals surface area contributed by atoms with E-state index in [0.29, 0.717) is 32.2 Å². The molecule has 35 heavy (non-hydrogen) atoms. The molecule has 1 N–H and O–H groups in total. The first-order valence-corrected chi connectivity index (χ1v) is 12.8. The molecule has 0 saturated carbocycles. The molecule has 0 bridgehead atoms. The highest BCUT2D eigenvalue weighted by Crippen LogP contribution is 2.48. The van der Waals surface area contributed by atoms with Crippen LogP contribution in [-0.4, -0.2) is 22.7 Å². The third-order valence-corrected chi connectivity index (χ3v) is 6.71. The second-order valence-electron chi connectivity index (χ2n) is 8.33. The first-order chi connectivity index (χ1) is 16.7. The highest BCUT2D eigenvalue weighted by molar-refractivity contribution is 9.28. The third-order valence-electron chi connectivity index (χ3n) is 6.06. The number of hydrogen-bond donors (Lipinski definition) is 1. The Morgan fingerprint density at radius 3 is 2.40 bits per heavy atom. The molecule has 0 aliphatic rings. The van der Waals surface area contributed by atoms with Crippen LogP contribution in [0.1, 0.15) is 38.7 Å². The molecule has 0 fully saturated rings. The van der Waals surface area contributed by atoms with Crippen molar-refractivity contribution in [2.24, 2.45) is 11.3 Å². The Kier molecular flexibility index (Phi) is 8.92. The summed E-state index contributed by atoms with van der Waals surface area (Å²) in [5.74, 6) is -0.787. The van der Waals surface area contributed by atoms with E-state index in [1.54, 1.807) is 36.4 Å². The Morgan fingerprint density at radius 1 is 1.17 bits per heavy atom. The second kappa shape index (κ2) is 11.7. The van der Waals surface area contributed by atoms with Gasteiger partial charge in [0.25, 0.3) is 0 Å². The number of halogens is 2. The first-order valence-electron chi connectivity index (χ1n) is 11.2. The molecule has 2 aromatic carbocycles. The van der Waals surface area contributed by atoms with Crippen molar-refractivity contribution in [2.45, 2.75) is 33.1 Å². The van der Waals surface area contributed by atoms with Gasteiger partial charge in [0.05, 0.1) is 32.9 Å². The monoisotopic (exact) mass is 600 g/mol. The Hall–Kier alpha value is -2.89. The maximum Gasteiger partial charge on any atom is 0.311 e. The number of fused-ring (bicyclic) bond motifs is 1. The summed E-state index contributed by atoms with van der Waals surface area (Å²) >= 11 is 6.64. The summed E-state index contributed by atoms with van der Waals surface area (Å²) in [7, 11) is 0. The number of nitrogens with zero attached hydrogens (tertiary/aromatic N) is 2. The van der Waals surface area contributed by atoms with Crippen LogP contribution in [0.2, 0.25) is 0 Å². The number of carboxylic acid groups (broad SMARTS) is 1. The largest absolute Gasteiger partial charge is 0.494 e. The normalized spacial score (nSPS) is 13.5. The predicted molar refractivity (Wildman–Crippen MR) is 143 cm³/mol. The molecule has 0 aliphatic heterocycles. The number of benzene rings is 2. The zero-order valence-electron chi connectivity index (χ0n) is 19.7. The summed E-state index contributed by atoms with van der Waals surface area (Å²) in [6, 6.07) is 18.5. The van der Waals surface area contributed by atoms with Gasteiger partial charge in [0, 0.05) is 11.5 Å². The molecular formula is C27H26Br2N2O4. The van der Waals surface area contributed by atoms with E-state index < -0.39 is 17.3 Å². The molecule has 1 aromatic heterocycles. The molecule has 0 aliphatic carbocycles. The second-order valence-corrected chi connectivity index (χ2v) is 11.1. The van der Waals surface area contributed by atoms with Crippen LogP contribution in [0.25, 0.3) is 10.9 Å². The van der Waals surface area contributed by atoms with E-state index in [0.717, 1.165) is 5.75 Å². The minimum absolute atomic E-state index is 0.149. The minimum Gasteiger partial charge on any atom is -0.494 e.